The van der Waals surface area contributed by atoms with Crippen LogP contribution in [0.1, 0.15) is 38.5 Å². The van der Waals surface area contributed by atoms with Gasteiger partial charge in [-0.3, -0.25) is 9.69 Å². The number of nitrogens with zero attached hydrogens (tertiary/aromatic N) is 1. The summed E-state index contributed by atoms with van der Waals surface area (Å²) in [7, 11) is 1.73. The van der Waals surface area contributed by atoms with Crippen molar-refractivity contribution in [2.75, 3.05) is 20.1 Å². The van der Waals surface area contributed by atoms with Crippen LogP contribution in [-0.2, 0) is 4.79 Å². The molecule has 1 heterocycles. The highest BCUT2D eigenvalue weighted by molar-refractivity contribution is 5.78. The highest BCUT2D eigenvalue weighted by atomic mass is 16.1. The smallest absolute Gasteiger partial charge is 0.222 e. The molecule has 1 aliphatic heterocycles. The summed E-state index contributed by atoms with van der Waals surface area (Å²) in [5.41, 5.74) is 6.21. The van der Waals surface area contributed by atoms with Crippen molar-refractivity contribution in [3.8, 4) is 0 Å². The maximum atomic E-state index is 11.6. The van der Waals surface area contributed by atoms with E-state index in [2.05, 4.69) is 10.2 Å². The molecule has 3 N–H and O–H groups in total. The average molecular weight is 239 g/mol. The number of hydrogen-bond acceptors (Lipinski definition) is 3. The molecule has 0 aromatic rings. The molecular weight excluding hydrogens is 214 g/mol. The van der Waals surface area contributed by atoms with E-state index in [0.717, 1.165) is 25.9 Å². The molecule has 17 heavy (non-hydrogen) atoms. The van der Waals surface area contributed by atoms with Crippen LogP contribution in [0.4, 0.5) is 0 Å². The topological polar surface area (TPSA) is 58.4 Å². The number of rotatable bonds is 2. The lowest BCUT2D eigenvalue weighted by Crippen LogP contribution is -2.52. The SMILES string of the molecule is CNC(=O)C1CCN(C2CCCCC2N)CC1. The second-order valence-corrected chi connectivity index (χ2v) is 5.44. The molecule has 98 valence electrons. The molecule has 2 fully saturated rings. The first-order valence-corrected chi connectivity index (χ1v) is 6.93. The van der Waals surface area contributed by atoms with Crippen LogP contribution in [-0.4, -0.2) is 43.0 Å². The minimum Gasteiger partial charge on any atom is -0.359 e. The molecule has 2 unspecified atom stereocenters. The Morgan fingerprint density at radius 1 is 1.18 bits per heavy atom. The predicted octanol–water partition coefficient (Wildman–Crippen LogP) is 0.714. The molecule has 0 spiro atoms. The first-order chi connectivity index (χ1) is 8.22. The van der Waals surface area contributed by atoms with Crippen LogP contribution in [0.15, 0.2) is 0 Å². The van der Waals surface area contributed by atoms with Gasteiger partial charge in [0.05, 0.1) is 0 Å². The van der Waals surface area contributed by atoms with Gasteiger partial charge >= 0.3 is 0 Å². The van der Waals surface area contributed by atoms with Crippen LogP contribution in [0.5, 0.6) is 0 Å². The Morgan fingerprint density at radius 3 is 2.41 bits per heavy atom. The second kappa shape index (κ2) is 5.83. The van der Waals surface area contributed by atoms with Crippen molar-refractivity contribution in [3.05, 3.63) is 0 Å². The van der Waals surface area contributed by atoms with Crippen LogP contribution in [0.3, 0.4) is 0 Å². The molecule has 4 nitrogen and oxygen atoms in total. The van der Waals surface area contributed by atoms with Crippen molar-refractivity contribution >= 4 is 5.91 Å². The van der Waals surface area contributed by atoms with E-state index in [1.165, 1.54) is 25.7 Å². The van der Waals surface area contributed by atoms with Gasteiger partial charge in [-0.2, -0.15) is 0 Å². The Hall–Kier alpha value is -0.610. The van der Waals surface area contributed by atoms with Gasteiger partial charge in [0.2, 0.25) is 5.91 Å². The largest absolute Gasteiger partial charge is 0.359 e. The molecule has 1 aliphatic carbocycles. The normalized spacial score (nSPS) is 32.4. The van der Waals surface area contributed by atoms with Gasteiger partial charge in [0.1, 0.15) is 0 Å². The zero-order valence-corrected chi connectivity index (χ0v) is 10.8. The fraction of sp³-hybridized carbons (Fsp3) is 0.923. The van der Waals surface area contributed by atoms with E-state index < -0.39 is 0 Å². The van der Waals surface area contributed by atoms with Gasteiger partial charge in [-0.05, 0) is 38.8 Å². The van der Waals surface area contributed by atoms with E-state index >= 15 is 0 Å². The summed E-state index contributed by atoms with van der Waals surface area (Å²) in [5, 5.41) is 2.76. The number of amides is 1. The van der Waals surface area contributed by atoms with Crippen molar-refractivity contribution < 1.29 is 4.79 Å². The molecule has 4 heteroatoms. The minimum absolute atomic E-state index is 0.206. The fourth-order valence-corrected chi connectivity index (χ4v) is 3.29. The van der Waals surface area contributed by atoms with Crippen molar-refractivity contribution in [1.29, 1.82) is 0 Å². The average Bonchev–Trinajstić information content (AvgIpc) is 2.39. The molecule has 1 saturated carbocycles. The number of piperidine rings is 1. The lowest BCUT2D eigenvalue weighted by molar-refractivity contribution is -0.126. The highest BCUT2D eigenvalue weighted by Crippen LogP contribution is 2.26. The van der Waals surface area contributed by atoms with E-state index in [4.69, 9.17) is 5.73 Å². The first kappa shape index (κ1) is 12.8. The molecule has 0 aromatic heterocycles. The zero-order valence-electron chi connectivity index (χ0n) is 10.8. The minimum atomic E-state index is 0.206. The number of hydrogen-bond donors (Lipinski definition) is 2. The predicted molar refractivity (Wildman–Crippen MR) is 68.6 cm³/mol. The first-order valence-electron chi connectivity index (χ1n) is 6.93. The van der Waals surface area contributed by atoms with Gasteiger partial charge in [0.15, 0.2) is 0 Å². The van der Waals surface area contributed by atoms with E-state index in [-0.39, 0.29) is 11.8 Å². The van der Waals surface area contributed by atoms with E-state index in [1.807, 2.05) is 0 Å². The number of nitrogens with one attached hydrogen (secondary N) is 1. The summed E-state index contributed by atoms with van der Waals surface area (Å²) in [6.45, 7) is 2.08. The molecule has 0 bridgehead atoms. The van der Waals surface area contributed by atoms with Crippen LogP contribution in [0.25, 0.3) is 0 Å². The van der Waals surface area contributed by atoms with Crippen LogP contribution >= 0.6 is 0 Å². The fourth-order valence-electron chi connectivity index (χ4n) is 3.29. The maximum absolute atomic E-state index is 11.6. The van der Waals surface area contributed by atoms with Crippen LogP contribution in [0, 0.1) is 5.92 Å². The number of carbonyl (C=O) groups excluding carboxylic acids is 1. The quantitative estimate of drug-likeness (QED) is 0.746. The van der Waals surface area contributed by atoms with Crippen molar-refractivity contribution in [1.82, 2.24) is 10.2 Å². The van der Waals surface area contributed by atoms with Gasteiger partial charge in [-0.25, -0.2) is 0 Å². The third-order valence-electron chi connectivity index (χ3n) is 4.40. The molecule has 0 aromatic carbocycles. The number of carbonyl (C=O) groups is 1. The summed E-state index contributed by atoms with van der Waals surface area (Å²) in [4.78, 5) is 14.1. The van der Waals surface area contributed by atoms with E-state index in [9.17, 15) is 4.79 Å². The van der Waals surface area contributed by atoms with E-state index in [0.29, 0.717) is 12.1 Å². The van der Waals surface area contributed by atoms with Gasteiger partial charge in [0, 0.05) is 25.0 Å². The summed E-state index contributed by atoms with van der Waals surface area (Å²) in [6, 6.07) is 0.912. The Bertz CT molecular complexity index is 261. The molecule has 2 rings (SSSR count). The van der Waals surface area contributed by atoms with Gasteiger partial charge in [-0.1, -0.05) is 12.8 Å². The molecule has 2 atom stereocenters. The summed E-state index contributed by atoms with van der Waals surface area (Å²) in [5.74, 6) is 0.425. The molecule has 0 radical (unpaired) electrons. The summed E-state index contributed by atoms with van der Waals surface area (Å²) in [6.07, 6.45) is 6.98. The van der Waals surface area contributed by atoms with Gasteiger partial charge < -0.3 is 11.1 Å². The third-order valence-corrected chi connectivity index (χ3v) is 4.40. The van der Waals surface area contributed by atoms with Crippen LogP contribution in [0.2, 0.25) is 0 Å². The molecule has 1 saturated heterocycles. The molecule has 1 amide bonds. The lowest BCUT2D eigenvalue weighted by atomic mass is 9.87. The number of nitrogens with two attached hydrogens (primary N) is 1. The van der Waals surface area contributed by atoms with Crippen molar-refractivity contribution in [2.24, 2.45) is 11.7 Å². The Labute approximate surface area is 104 Å². The van der Waals surface area contributed by atoms with Gasteiger partial charge in [-0.15, -0.1) is 0 Å². The summed E-state index contributed by atoms with van der Waals surface area (Å²) >= 11 is 0. The highest BCUT2D eigenvalue weighted by Gasteiger charge is 2.32. The summed E-state index contributed by atoms with van der Waals surface area (Å²) < 4.78 is 0. The van der Waals surface area contributed by atoms with Crippen LogP contribution < -0.4 is 11.1 Å². The maximum Gasteiger partial charge on any atom is 0.222 e. The standard InChI is InChI=1S/C13H25N3O/c1-15-13(17)10-6-8-16(9-7-10)12-5-3-2-4-11(12)14/h10-12H,2-9,14H2,1H3,(H,15,17). The monoisotopic (exact) mass is 239 g/mol. The second-order valence-electron chi connectivity index (χ2n) is 5.44. The molecular formula is C13H25N3O. The third kappa shape index (κ3) is 2.99. The number of likely N-dealkylation sites (tertiary alicyclic amines) is 1. The molecule has 2 aliphatic rings. The lowest BCUT2D eigenvalue weighted by Gasteiger charge is -2.41. The van der Waals surface area contributed by atoms with Crippen molar-refractivity contribution in [3.63, 3.8) is 0 Å². The Kier molecular flexibility index (Phi) is 4.40. The van der Waals surface area contributed by atoms with Gasteiger partial charge in [0.25, 0.3) is 0 Å². The zero-order chi connectivity index (χ0) is 12.3. The van der Waals surface area contributed by atoms with E-state index in [1.54, 1.807) is 7.05 Å². The van der Waals surface area contributed by atoms with Crippen molar-refractivity contribution in [2.45, 2.75) is 50.6 Å². The Balaban J connectivity index is 1.83. The Morgan fingerprint density at radius 2 is 1.82 bits per heavy atom.